The second-order valence-corrected chi connectivity index (χ2v) is 5.51. The van der Waals surface area contributed by atoms with Gasteiger partial charge in [0.15, 0.2) is 0 Å². The van der Waals surface area contributed by atoms with Gasteiger partial charge in [0, 0.05) is 38.8 Å². The summed E-state index contributed by atoms with van der Waals surface area (Å²) in [6.07, 6.45) is 5.68. The predicted molar refractivity (Wildman–Crippen MR) is 85.6 cm³/mol. The molecule has 2 rings (SSSR count). The molecule has 1 aliphatic heterocycles. The zero-order chi connectivity index (χ0) is 15.6. The van der Waals surface area contributed by atoms with Crippen LogP contribution in [0.3, 0.4) is 0 Å². The van der Waals surface area contributed by atoms with E-state index in [4.69, 9.17) is 0 Å². The van der Waals surface area contributed by atoms with E-state index in [0.29, 0.717) is 12.8 Å². The molecule has 0 atom stereocenters. The molecule has 0 bridgehead atoms. The van der Waals surface area contributed by atoms with Gasteiger partial charge >= 0.3 is 0 Å². The van der Waals surface area contributed by atoms with Gasteiger partial charge in [0.05, 0.1) is 0 Å². The molecule has 1 saturated heterocycles. The summed E-state index contributed by atoms with van der Waals surface area (Å²) in [5.74, 6) is 0.877. The number of nitrogens with one attached hydrogen (secondary N) is 1. The minimum absolute atomic E-state index is 0.182. The van der Waals surface area contributed by atoms with Crippen molar-refractivity contribution in [3.05, 3.63) is 24.4 Å². The van der Waals surface area contributed by atoms with E-state index in [9.17, 15) is 9.59 Å². The summed E-state index contributed by atoms with van der Waals surface area (Å²) in [5, 5.41) is 2.16. The Hall–Kier alpha value is -1.95. The van der Waals surface area contributed by atoms with Crippen molar-refractivity contribution in [2.75, 3.05) is 37.6 Å². The van der Waals surface area contributed by atoms with E-state index in [-0.39, 0.29) is 5.91 Å². The van der Waals surface area contributed by atoms with E-state index >= 15 is 0 Å². The Bertz CT molecular complexity index is 458. The van der Waals surface area contributed by atoms with Gasteiger partial charge in [-0.1, -0.05) is 12.5 Å². The molecule has 2 heterocycles. The summed E-state index contributed by atoms with van der Waals surface area (Å²) in [5.41, 5.74) is 0. The minimum Gasteiger partial charge on any atom is -0.354 e. The van der Waals surface area contributed by atoms with Crippen LogP contribution in [0.15, 0.2) is 24.4 Å². The molecule has 6 nitrogen and oxygen atoms in total. The highest BCUT2D eigenvalue weighted by atomic mass is 16.2. The number of hydrogen-bond donors (Lipinski definition) is 1. The normalized spacial score (nSPS) is 15.5. The van der Waals surface area contributed by atoms with E-state index in [1.807, 2.05) is 18.3 Å². The van der Waals surface area contributed by atoms with E-state index in [1.54, 1.807) is 0 Å². The average molecular weight is 304 g/mol. The van der Waals surface area contributed by atoms with E-state index < -0.39 is 0 Å². The van der Waals surface area contributed by atoms with Crippen molar-refractivity contribution in [2.45, 2.75) is 25.7 Å². The zero-order valence-corrected chi connectivity index (χ0v) is 12.9. The lowest BCUT2D eigenvalue weighted by atomic mass is 10.1. The van der Waals surface area contributed by atoms with Crippen LogP contribution in [0.5, 0.6) is 0 Å². The van der Waals surface area contributed by atoms with Crippen LogP contribution >= 0.6 is 0 Å². The molecule has 1 aromatic heterocycles. The first-order chi connectivity index (χ1) is 10.8. The van der Waals surface area contributed by atoms with Crippen molar-refractivity contribution in [3.8, 4) is 0 Å². The first-order valence-electron chi connectivity index (χ1n) is 7.91. The highest BCUT2D eigenvalue weighted by molar-refractivity contribution is 5.85. The second-order valence-electron chi connectivity index (χ2n) is 5.51. The molecule has 2 amide bonds. The van der Waals surface area contributed by atoms with Crippen LogP contribution in [0.25, 0.3) is 0 Å². The van der Waals surface area contributed by atoms with Gasteiger partial charge in [-0.2, -0.15) is 0 Å². The van der Waals surface area contributed by atoms with Gasteiger partial charge in [-0.15, -0.1) is 0 Å². The topological polar surface area (TPSA) is 65.5 Å². The highest BCUT2D eigenvalue weighted by Crippen LogP contribution is 2.13. The number of anilines is 1. The summed E-state index contributed by atoms with van der Waals surface area (Å²) < 4.78 is 0. The number of hydrogen-bond acceptors (Lipinski definition) is 5. The SMILES string of the molecule is O=CNC(=O)CCCCCN1CCN(c2ccccn2)CC1. The van der Waals surface area contributed by atoms with Crippen LogP contribution in [-0.4, -0.2) is 54.9 Å². The van der Waals surface area contributed by atoms with Crippen molar-refractivity contribution in [1.82, 2.24) is 15.2 Å². The first-order valence-corrected chi connectivity index (χ1v) is 7.91. The molecule has 1 N–H and O–H groups in total. The van der Waals surface area contributed by atoms with Crippen molar-refractivity contribution in [2.24, 2.45) is 0 Å². The fourth-order valence-electron chi connectivity index (χ4n) is 2.68. The van der Waals surface area contributed by atoms with Gasteiger partial charge in [-0.25, -0.2) is 4.98 Å². The largest absolute Gasteiger partial charge is 0.354 e. The number of carbonyl (C=O) groups excluding carboxylic acids is 2. The lowest BCUT2D eigenvalue weighted by Crippen LogP contribution is -2.46. The molecule has 0 saturated carbocycles. The molecule has 1 aliphatic rings. The van der Waals surface area contributed by atoms with Crippen LogP contribution in [-0.2, 0) is 9.59 Å². The van der Waals surface area contributed by atoms with Crippen LogP contribution in [0.4, 0.5) is 5.82 Å². The van der Waals surface area contributed by atoms with E-state index in [0.717, 1.165) is 57.8 Å². The first kappa shape index (κ1) is 16.4. The van der Waals surface area contributed by atoms with Crippen molar-refractivity contribution < 1.29 is 9.59 Å². The van der Waals surface area contributed by atoms with Gasteiger partial charge in [0.2, 0.25) is 12.3 Å². The second kappa shape index (κ2) is 9.15. The molecule has 0 aliphatic carbocycles. The summed E-state index contributed by atoms with van der Waals surface area (Å²) in [7, 11) is 0. The Labute approximate surface area is 131 Å². The number of pyridine rings is 1. The molecule has 1 aromatic rings. The lowest BCUT2D eigenvalue weighted by molar-refractivity contribution is -0.125. The maximum absolute atomic E-state index is 11.1. The Morgan fingerprint density at radius 2 is 2.00 bits per heavy atom. The molecule has 1 fully saturated rings. The molecular weight excluding hydrogens is 280 g/mol. The van der Waals surface area contributed by atoms with Crippen LogP contribution in [0.1, 0.15) is 25.7 Å². The number of aromatic nitrogens is 1. The number of piperazine rings is 1. The molecule has 22 heavy (non-hydrogen) atoms. The number of rotatable bonds is 8. The Morgan fingerprint density at radius 3 is 2.68 bits per heavy atom. The van der Waals surface area contributed by atoms with Crippen molar-refractivity contribution >= 4 is 18.1 Å². The number of unbranched alkanes of at least 4 members (excludes halogenated alkanes) is 2. The van der Waals surface area contributed by atoms with Gasteiger partial charge < -0.3 is 4.90 Å². The van der Waals surface area contributed by atoms with E-state index in [1.165, 1.54) is 0 Å². The van der Waals surface area contributed by atoms with Gasteiger partial charge in [0.25, 0.3) is 0 Å². The standard InChI is InChI=1S/C16H24N4O2/c21-14-18-16(22)7-2-1-5-9-19-10-12-20(13-11-19)15-6-3-4-8-17-15/h3-4,6,8,14H,1-2,5,7,9-13H2,(H,18,21,22). The van der Waals surface area contributed by atoms with Gasteiger partial charge in [-0.05, 0) is 31.5 Å². The minimum atomic E-state index is -0.182. The fourth-order valence-corrected chi connectivity index (χ4v) is 2.68. The van der Waals surface area contributed by atoms with Crippen molar-refractivity contribution in [3.63, 3.8) is 0 Å². The van der Waals surface area contributed by atoms with Gasteiger partial charge in [-0.3, -0.25) is 19.8 Å². The van der Waals surface area contributed by atoms with Crippen LogP contribution in [0, 0.1) is 0 Å². The number of carbonyl (C=O) groups is 2. The summed E-state index contributed by atoms with van der Waals surface area (Å²) in [4.78, 5) is 30.4. The zero-order valence-electron chi connectivity index (χ0n) is 12.9. The van der Waals surface area contributed by atoms with Gasteiger partial charge in [0.1, 0.15) is 5.82 Å². The Kier molecular flexibility index (Phi) is 6.83. The third kappa shape index (κ3) is 5.44. The molecule has 6 heteroatoms. The molecule has 0 unspecified atom stereocenters. The summed E-state index contributed by atoms with van der Waals surface area (Å²) >= 11 is 0. The predicted octanol–water partition coefficient (Wildman–Crippen LogP) is 1.04. The quantitative estimate of drug-likeness (QED) is 0.574. The molecular formula is C16H24N4O2. The molecule has 120 valence electrons. The molecule has 0 aromatic carbocycles. The third-order valence-electron chi connectivity index (χ3n) is 3.94. The molecule has 0 spiro atoms. The Balaban J connectivity index is 1.56. The average Bonchev–Trinajstić information content (AvgIpc) is 2.56. The fraction of sp³-hybridized carbons (Fsp3) is 0.562. The lowest BCUT2D eigenvalue weighted by Gasteiger charge is -2.35. The summed E-state index contributed by atoms with van der Waals surface area (Å²) in [6.45, 7) is 5.22. The van der Waals surface area contributed by atoms with E-state index in [2.05, 4.69) is 26.2 Å². The maximum atomic E-state index is 11.1. The number of imide groups is 1. The highest BCUT2D eigenvalue weighted by Gasteiger charge is 2.17. The Morgan fingerprint density at radius 1 is 1.18 bits per heavy atom. The molecule has 0 radical (unpaired) electrons. The van der Waals surface area contributed by atoms with Crippen LogP contribution in [0.2, 0.25) is 0 Å². The maximum Gasteiger partial charge on any atom is 0.226 e. The number of amides is 2. The monoisotopic (exact) mass is 304 g/mol. The summed E-state index contributed by atoms with van der Waals surface area (Å²) in [6, 6.07) is 6.02. The third-order valence-corrected chi connectivity index (χ3v) is 3.94. The number of nitrogens with zero attached hydrogens (tertiary/aromatic N) is 3. The smallest absolute Gasteiger partial charge is 0.226 e. The van der Waals surface area contributed by atoms with Crippen molar-refractivity contribution in [1.29, 1.82) is 0 Å². The van der Waals surface area contributed by atoms with Crippen LogP contribution < -0.4 is 10.2 Å².